The molecule has 0 spiro atoms. The number of hydrogen-bond acceptors (Lipinski definition) is 4. The lowest BCUT2D eigenvalue weighted by atomic mass is 9.96. The topological polar surface area (TPSA) is 60.9 Å². The molecule has 0 atom stereocenters. The van der Waals surface area contributed by atoms with Crippen LogP contribution in [0.15, 0.2) is 29.2 Å². The summed E-state index contributed by atoms with van der Waals surface area (Å²) in [7, 11) is -3.48. The van der Waals surface area contributed by atoms with E-state index in [1.807, 2.05) is 24.0 Å². The van der Waals surface area contributed by atoms with Crippen molar-refractivity contribution in [2.75, 3.05) is 45.8 Å². The van der Waals surface area contributed by atoms with Gasteiger partial charge in [-0.25, -0.2) is 8.42 Å². The highest BCUT2D eigenvalue weighted by molar-refractivity contribution is 7.89. The quantitative estimate of drug-likeness (QED) is 0.797. The third-order valence-electron chi connectivity index (χ3n) is 5.65. The van der Waals surface area contributed by atoms with Gasteiger partial charge < -0.3 is 9.80 Å². The Labute approximate surface area is 156 Å². The summed E-state index contributed by atoms with van der Waals surface area (Å²) in [5.74, 6) is 0.153. The van der Waals surface area contributed by atoms with Gasteiger partial charge in [0.05, 0.1) is 4.90 Å². The number of aryl methyl sites for hydroxylation is 1. The first-order chi connectivity index (χ1) is 12.4. The van der Waals surface area contributed by atoms with Gasteiger partial charge in [0, 0.05) is 45.2 Å². The van der Waals surface area contributed by atoms with Gasteiger partial charge in [-0.15, -0.1) is 0 Å². The predicted molar refractivity (Wildman–Crippen MR) is 101 cm³/mol. The SMILES string of the molecule is CCN1CCN(C(=O)C2CCN(S(=O)(=O)c3ccccc3C)CC2)CC1. The molecule has 2 heterocycles. The first-order valence-corrected chi connectivity index (χ1v) is 10.9. The summed E-state index contributed by atoms with van der Waals surface area (Å²) in [6, 6.07) is 7.08. The number of likely N-dealkylation sites (N-methyl/N-ethyl adjacent to an activating group) is 1. The Morgan fingerprint density at radius 3 is 2.23 bits per heavy atom. The van der Waals surface area contributed by atoms with Gasteiger partial charge in [0.15, 0.2) is 0 Å². The Morgan fingerprint density at radius 1 is 1.04 bits per heavy atom. The normalized spacial score (nSPS) is 21.1. The van der Waals surface area contributed by atoms with Crippen LogP contribution in [0.4, 0.5) is 0 Å². The molecule has 2 aliphatic heterocycles. The van der Waals surface area contributed by atoms with E-state index in [2.05, 4.69) is 11.8 Å². The number of nitrogens with zero attached hydrogens (tertiary/aromatic N) is 3. The van der Waals surface area contributed by atoms with Gasteiger partial charge in [-0.3, -0.25) is 4.79 Å². The molecule has 2 aliphatic rings. The summed E-state index contributed by atoms with van der Waals surface area (Å²) in [5, 5.41) is 0. The van der Waals surface area contributed by atoms with Gasteiger partial charge in [-0.2, -0.15) is 4.31 Å². The van der Waals surface area contributed by atoms with Crippen molar-refractivity contribution >= 4 is 15.9 Å². The zero-order valence-corrected chi connectivity index (χ0v) is 16.5. The lowest BCUT2D eigenvalue weighted by Crippen LogP contribution is -2.51. The fourth-order valence-electron chi connectivity index (χ4n) is 3.87. The van der Waals surface area contributed by atoms with Crippen LogP contribution < -0.4 is 0 Å². The van der Waals surface area contributed by atoms with Gasteiger partial charge >= 0.3 is 0 Å². The fraction of sp³-hybridized carbons (Fsp3) is 0.632. The van der Waals surface area contributed by atoms with E-state index in [-0.39, 0.29) is 11.8 Å². The van der Waals surface area contributed by atoms with Crippen molar-refractivity contribution in [2.45, 2.75) is 31.6 Å². The number of benzene rings is 1. The summed E-state index contributed by atoms with van der Waals surface area (Å²) in [4.78, 5) is 17.5. The number of piperazine rings is 1. The highest BCUT2D eigenvalue weighted by Crippen LogP contribution is 2.26. The zero-order chi connectivity index (χ0) is 18.7. The number of amides is 1. The summed E-state index contributed by atoms with van der Waals surface area (Å²) >= 11 is 0. The summed E-state index contributed by atoms with van der Waals surface area (Å²) < 4.78 is 27.3. The van der Waals surface area contributed by atoms with Gasteiger partial charge in [0.1, 0.15) is 0 Å². The van der Waals surface area contributed by atoms with Crippen LogP contribution in [-0.4, -0.2) is 74.2 Å². The second-order valence-corrected chi connectivity index (χ2v) is 9.11. The summed E-state index contributed by atoms with van der Waals surface area (Å²) in [6.45, 7) is 9.26. The third kappa shape index (κ3) is 3.94. The van der Waals surface area contributed by atoms with Crippen LogP contribution in [0, 0.1) is 12.8 Å². The Balaban J connectivity index is 1.59. The van der Waals surface area contributed by atoms with E-state index in [4.69, 9.17) is 0 Å². The van der Waals surface area contributed by atoms with E-state index in [0.717, 1.165) is 38.3 Å². The largest absolute Gasteiger partial charge is 0.340 e. The van der Waals surface area contributed by atoms with Crippen molar-refractivity contribution in [1.29, 1.82) is 0 Å². The maximum atomic E-state index is 12.9. The van der Waals surface area contributed by atoms with E-state index < -0.39 is 10.0 Å². The smallest absolute Gasteiger partial charge is 0.243 e. The lowest BCUT2D eigenvalue weighted by Gasteiger charge is -2.38. The van der Waals surface area contributed by atoms with Crippen LogP contribution in [-0.2, 0) is 14.8 Å². The summed E-state index contributed by atoms with van der Waals surface area (Å²) in [6.07, 6.45) is 1.22. The standard InChI is InChI=1S/C19H29N3O3S/c1-3-20-12-14-21(15-13-20)19(23)17-8-10-22(11-9-17)26(24,25)18-7-5-4-6-16(18)2/h4-7,17H,3,8-15H2,1-2H3. The number of sulfonamides is 1. The molecule has 144 valence electrons. The minimum Gasteiger partial charge on any atom is -0.340 e. The van der Waals surface area contributed by atoms with E-state index in [1.165, 1.54) is 4.31 Å². The Hall–Kier alpha value is -1.44. The van der Waals surface area contributed by atoms with Gasteiger partial charge in [-0.05, 0) is 37.9 Å². The highest BCUT2D eigenvalue weighted by atomic mass is 32.2. The van der Waals surface area contributed by atoms with Crippen molar-refractivity contribution in [1.82, 2.24) is 14.1 Å². The van der Waals surface area contributed by atoms with Gasteiger partial charge in [0.2, 0.25) is 15.9 Å². The molecule has 0 unspecified atom stereocenters. The molecule has 0 bridgehead atoms. The van der Waals surface area contributed by atoms with Crippen LogP contribution in [0.25, 0.3) is 0 Å². The monoisotopic (exact) mass is 379 g/mol. The van der Waals surface area contributed by atoms with Gasteiger partial charge in [0.25, 0.3) is 0 Å². The molecule has 1 amide bonds. The van der Waals surface area contributed by atoms with E-state index >= 15 is 0 Å². The number of piperidine rings is 1. The molecule has 7 heteroatoms. The van der Waals surface area contributed by atoms with Crippen molar-refractivity contribution in [3.8, 4) is 0 Å². The molecule has 1 aromatic carbocycles. The average Bonchev–Trinajstić information content (AvgIpc) is 2.68. The van der Waals surface area contributed by atoms with Crippen molar-refractivity contribution < 1.29 is 13.2 Å². The first-order valence-electron chi connectivity index (χ1n) is 9.50. The first kappa shape index (κ1) is 19.3. The number of hydrogen-bond donors (Lipinski definition) is 0. The van der Waals surface area contributed by atoms with Crippen molar-refractivity contribution in [3.05, 3.63) is 29.8 Å². The molecule has 0 N–H and O–H groups in total. The predicted octanol–water partition coefficient (Wildman–Crippen LogP) is 1.56. The van der Waals surface area contributed by atoms with Crippen molar-refractivity contribution in [2.24, 2.45) is 5.92 Å². The number of carbonyl (C=O) groups is 1. The molecule has 1 aromatic rings. The Bertz CT molecular complexity index is 734. The minimum absolute atomic E-state index is 0.0495. The van der Waals surface area contributed by atoms with Crippen LogP contribution in [0.1, 0.15) is 25.3 Å². The maximum Gasteiger partial charge on any atom is 0.243 e. The Kier molecular flexibility index (Phi) is 5.99. The molecule has 3 rings (SSSR count). The van der Waals surface area contributed by atoms with Gasteiger partial charge in [-0.1, -0.05) is 25.1 Å². The molecule has 0 aromatic heterocycles. The molecule has 0 aliphatic carbocycles. The average molecular weight is 380 g/mol. The van der Waals surface area contributed by atoms with Crippen LogP contribution in [0.3, 0.4) is 0 Å². The van der Waals surface area contributed by atoms with E-state index in [0.29, 0.717) is 30.8 Å². The number of carbonyl (C=O) groups excluding carboxylic acids is 1. The highest BCUT2D eigenvalue weighted by Gasteiger charge is 2.34. The minimum atomic E-state index is -3.48. The molecule has 2 fully saturated rings. The molecule has 0 radical (unpaired) electrons. The number of rotatable bonds is 4. The molecular formula is C19H29N3O3S. The molecule has 2 saturated heterocycles. The molecule has 26 heavy (non-hydrogen) atoms. The lowest BCUT2D eigenvalue weighted by molar-refractivity contribution is -0.138. The molecule has 6 nitrogen and oxygen atoms in total. The summed E-state index contributed by atoms with van der Waals surface area (Å²) in [5.41, 5.74) is 0.763. The maximum absolute atomic E-state index is 12.9. The second-order valence-electron chi connectivity index (χ2n) is 7.20. The second kappa shape index (κ2) is 8.06. The van der Waals surface area contributed by atoms with E-state index in [9.17, 15) is 13.2 Å². The molecular weight excluding hydrogens is 350 g/mol. The zero-order valence-electron chi connectivity index (χ0n) is 15.7. The van der Waals surface area contributed by atoms with E-state index in [1.54, 1.807) is 12.1 Å². The van der Waals surface area contributed by atoms with Crippen LogP contribution in [0.5, 0.6) is 0 Å². The molecule has 0 saturated carbocycles. The van der Waals surface area contributed by atoms with Crippen LogP contribution >= 0.6 is 0 Å². The van der Waals surface area contributed by atoms with Crippen LogP contribution in [0.2, 0.25) is 0 Å². The van der Waals surface area contributed by atoms with Crippen molar-refractivity contribution in [3.63, 3.8) is 0 Å². The third-order valence-corrected chi connectivity index (χ3v) is 7.70. The fourth-order valence-corrected chi connectivity index (χ4v) is 5.57. The Morgan fingerprint density at radius 2 is 1.65 bits per heavy atom.